The topological polar surface area (TPSA) is 59.0 Å². The first-order valence-corrected chi connectivity index (χ1v) is 7.42. The van der Waals surface area contributed by atoms with Crippen molar-refractivity contribution in [3.05, 3.63) is 29.3 Å². The molecule has 1 aromatic carbocycles. The lowest BCUT2D eigenvalue weighted by molar-refractivity contribution is -0.157. The van der Waals surface area contributed by atoms with E-state index in [1.165, 1.54) is 0 Å². The molecule has 21 heavy (non-hydrogen) atoms. The Kier molecular flexibility index (Phi) is 3.87. The van der Waals surface area contributed by atoms with Crippen molar-refractivity contribution in [2.75, 3.05) is 33.4 Å². The number of benzene rings is 1. The maximum absolute atomic E-state index is 12.2. The number of methoxy groups -OCH3 is 1. The molecule has 1 saturated heterocycles. The lowest BCUT2D eigenvalue weighted by Crippen LogP contribution is -2.57. The van der Waals surface area contributed by atoms with E-state index in [2.05, 4.69) is 4.90 Å². The number of hydrogen-bond acceptors (Lipinski definition) is 4. The van der Waals surface area contributed by atoms with Crippen LogP contribution in [-0.4, -0.2) is 49.4 Å². The second-order valence-electron chi connectivity index (χ2n) is 5.64. The van der Waals surface area contributed by atoms with Gasteiger partial charge in [-0.3, -0.25) is 4.90 Å². The first-order chi connectivity index (χ1) is 10.2. The maximum Gasteiger partial charge on any atom is 0.328 e. The van der Waals surface area contributed by atoms with Gasteiger partial charge in [0.2, 0.25) is 0 Å². The summed E-state index contributed by atoms with van der Waals surface area (Å²) in [7, 11) is 1.61. The summed E-state index contributed by atoms with van der Waals surface area (Å²) in [4.78, 5) is 14.3. The third kappa shape index (κ3) is 2.30. The number of rotatable bonds is 3. The molecule has 0 spiro atoms. The number of carbonyl (C=O) groups is 1. The summed E-state index contributed by atoms with van der Waals surface area (Å²) in [6.07, 6.45) is 2.46. The molecule has 3 rings (SSSR count). The number of aryl methyl sites for hydroxylation is 1. The lowest BCUT2D eigenvalue weighted by Gasteiger charge is -2.45. The molecule has 1 aromatic rings. The molecule has 1 aliphatic carbocycles. The summed E-state index contributed by atoms with van der Waals surface area (Å²) in [6.45, 7) is 2.49. The summed E-state index contributed by atoms with van der Waals surface area (Å²) >= 11 is 0. The van der Waals surface area contributed by atoms with E-state index in [0.29, 0.717) is 32.7 Å². The van der Waals surface area contributed by atoms with Crippen LogP contribution >= 0.6 is 0 Å². The minimum Gasteiger partial charge on any atom is -0.497 e. The molecule has 0 radical (unpaired) electrons. The normalized spacial score (nSPS) is 26.1. The highest BCUT2D eigenvalue weighted by Crippen LogP contribution is 2.42. The number of carboxylic acids is 1. The minimum atomic E-state index is -0.939. The predicted molar refractivity (Wildman–Crippen MR) is 77.6 cm³/mol. The van der Waals surface area contributed by atoms with Crippen LogP contribution in [0.3, 0.4) is 0 Å². The van der Waals surface area contributed by atoms with E-state index in [1.807, 2.05) is 18.2 Å². The van der Waals surface area contributed by atoms with Crippen LogP contribution in [0.1, 0.15) is 24.0 Å². The summed E-state index contributed by atoms with van der Waals surface area (Å²) in [6, 6.07) is 5.82. The van der Waals surface area contributed by atoms with Gasteiger partial charge in [-0.25, -0.2) is 4.79 Å². The molecule has 0 amide bonds. The number of aliphatic carboxylic acids is 1. The molecule has 5 nitrogen and oxygen atoms in total. The Bertz CT molecular complexity index is 539. The first kappa shape index (κ1) is 14.4. The molecular formula is C16H21NO4. The molecule has 0 saturated carbocycles. The smallest absolute Gasteiger partial charge is 0.328 e. The number of nitrogens with zero attached hydrogens (tertiary/aromatic N) is 1. The van der Waals surface area contributed by atoms with Crippen molar-refractivity contribution in [3.63, 3.8) is 0 Å². The minimum absolute atomic E-state index is 0.592. The molecule has 1 unspecified atom stereocenters. The van der Waals surface area contributed by atoms with Gasteiger partial charge in [-0.15, -0.1) is 0 Å². The van der Waals surface area contributed by atoms with Crippen LogP contribution in [0.5, 0.6) is 5.75 Å². The SMILES string of the molecule is COc1ccc2c(c1)C(C(=O)O)(N1CCOCC1)CCC2. The fourth-order valence-electron chi connectivity index (χ4n) is 3.59. The van der Waals surface area contributed by atoms with Gasteiger partial charge in [0, 0.05) is 13.1 Å². The third-order valence-electron chi connectivity index (χ3n) is 4.65. The van der Waals surface area contributed by atoms with Gasteiger partial charge in [0.15, 0.2) is 0 Å². The zero-order valence-electron chi connectivity index (χ0n) is 12.3. The van der Waals surface area contributed by atoms with Gasteiger partial charge in [-0.05, 0) is 42.5 Å². The van der Waals surface area contributed by atoms with Crippen LogP contribution in [0, 0.1) is 0 Å². The van der Waals surface area contributed by atoms with E-state index >= 15 is 0 Å². The van der Waals surface area contributed by atoms with Crippen LogP contribution in [0.4, 0.5) is 0 Å². The standard InChI is InChI=1S/C16H21NO4/c1-20-13-5-4-12-3-2-6-16(15(18)19,14(12)11-13)17-7-9-21-10-8-17/h4-5,11H,2-3,6-10H2,1H3,(H,18,19). The van der Waals surface area contributed by atoms with Crippen LogP contribution in [-0.2, 0) is 21.5 Å². The van der Waals surface area contributed by atoms with Gasteiger partial charge in [-0.1, -0.05) is 6.07 Å². The van der Waals surface area contributed by atoms with E-state index in [1.54, 1.807) is 7.11 Å². The number of hydrogen-bond donors (Lipinski definition) is 1. The quantitative estimate of drug-likeness (QED) is 0.917. The molecule has 0 bridgehead atoms. The molecule has 1 atom stereocenters. The van der Waals surface area contributed by atoms with Crippen molar-refractivity contribution in [1.29, 1.82) is 0 Å². The second kappa shape index (κ2) is 5.66. The van der Waals surface area contributed by atoms with E-state index < -0.39 is 11.5 Å². The van der Waals surface area contributed by atoms with Gasteiger partial charge in [0.1, 0.15) is 11.3 Å². The Morgan fingerprint density at radius 2 is 2.14 bits per heavy atom. The van der Waals surface area contributed by atoms with Crippen LogP contribution in [0.15, 0.2) is 18.2 Å². The fraction of sp³-hybridized carbons (Fsp3) is 0.562. The van der Waals surface area contributed by atoms with Crippen molar-refractivity contribution >= 4 is 5.97 Å². The van der Waals surface area contributed by atoms with Crippen molar-refractivity contribution in [1.82, 2.24) is 4.90 Å². The molecule has 5 heteroatoms. The Hall–Kier alpha value is -1.59. The fourth-order valence-corrected chi connectivity index (χ4v) is 3.59. The zero-order valence-corrected chi connectivity index (χ0v) is 12.3. The average molecular weight is 291 g/mol. The highest BCUT2D eigenvalue weighted by Gasteiger charge is 2.48. The molecule has 1 N–H and O–H groups in total. The van der Waals surface area contributed by atoms with Crippen molar-refractivity contribution < 1.29 is 19.4 Å². The van der Waals surface area contributed by atoms with Gasteiger partial charge in [0.05, 0.1) is 20.3 Å². The maximum atomic E-state index is 12.2. The summed E-state index contributed by atoms with van der Waals surface area (Å²) in [5.41, 5.74) is 1.07. The van der Waals surface area contributed by atoms with Crippen molar-refractivity contribution in [3.8, 4) is 5.75 Å². The molecule has 1 fully saturated rings. The Morgan fingerprint density at radius 1 is 1.38 bits per heavy atom. The second-order valence-corrected chi connectivity index (χ2v) is 5.64. The van der Waals surface area contributed by atoms with Crippen molar-refractivity contribution in [2.45, 2.75) is 24.8 Å². The monoisotopic (exact) mass is 291 g/mol. The van der Waals surface area contributed by atoms with E-state index in [4.69, 9.17) is 9.47 Å². The third-order valence-corrected chi connectivity index (χ3v) is 4.65. The molecule has 0 aromatic heterocycles. The van der Waals surface area contributed by atoms with Crippen LogP contribution < -0.4 is 4.74 Å². The van der Waals surface area contributed by atoms with Crippen LogP contribution in [0.25, 0.3) is 0 Å². The van der Waals surface area contributed by atoms with Crippen LogP contribution in [0.2, 0.25) is 0 Å². The summed E-state index contributed by atoms with van der Waals surface area (Å²) in [5.74, 6) is -0.0480. The number of morpholine rings is 1. The summed E-state index contributed by atoms with van der Waals surface area (Å²) < 4.78 is 10.7. The van der Waals surface area contributed by atoms with Gasteiger partial charge in [-0.2, -0.15) is 0 Å². The largest absolute Gasteiger partial charge is 0.497 e. The van der Waals surface area contributed by atoms with E-state index in [-0.39, 0.29) is 0 Å². The average Bonchev–Trinajstić information content (AvgIpc) is 2.54. The summed E-state index contributed by atoms with van der Waals surface area (Å²) in [5, 5.41) is 10.0. The Balaban J connectivity index is 2.11. The predicted octanol–water partition coefficient (Wildman–Crippen LogP) is 1.64. The van der Waals surface area contributed by atoms with E-state index in [9.17, 15) is 9.90 Å². The van der Waals surface area contributed by atoms with Gasteiger partial charge >= 0.3 is 5.97 Å². The molecule has 2 aliphatic rings. The molecule has 1 heterocycles. The Morgan fingerprint density at radius 3 is 2.81 bits per heavy atom. The number of fused-ring (bicyclic) bond motifs is 1. The van der Waals surface area contributed by atoms with E-state index in [0.717, 1.165) is 29.7 Å². The van der Waals surface area contributed by atoms with Gasteiger partial charge < -0.3 is 14.6 Å². The lowest BCUT2D eigenvalue weighted by atomic mass is 9.75. The highest BCUT2D eigenvalue weighted by molar-refractivity contribution is 5.82. The Labute approximate surface area is 124 Å². The highest BCUT2D eigenvalue weighted by atomic mass is 16.5. The molecule has 114 valence electrons. The van der Waals surface area contributed by atoms with Gasteiger partial charge in [0.25, 0.3) is 0 Å². The first-order valence-electron chi connectivity index (χ1n) is 7.42. The molecular weight excluding hydrogens is 270 g/mol. The number of ether oxygens (including phenoxy) is 2. The van der Waals surface area contributed by atoms with Crippen molar-refractivity contribution in [2.24, 2.45) is 0 Å². The number of carboxylic acid groups (broad SMARTS) is 1. The molecule has 1 aliphatic heterocycles. The zero-order chi connectivity index (χ0) is 14.9.